The van der Waals surface area contributed by atoms with Crippen LogP contribution in [-0.4, -0.2) is 12.0 Å². The van der Waals surface area contributed by atoms with Crippen molar-refractivity contribution in [2.45, 2.75) is 25.8 Å². The van der Waals surface area contributed by atoms with Gasteiger partial charge in [-0.15, -0.1) is 0 Å². The number of aromatic nitrogens is 1. The van der Waals surface area contributed by atoms with Crippen LogP contribution in [0.15, 0.2) is 18.5 Å². The van der Waals surface area contributed by atoms with Crippen LogP contribution in [0.1, 0.15) is 31.4 Å². The summed E-state index contributed by atoms with van der Waals surface area (Å²) in [7, 11) is 1.95. The van der Waals surface area contributed by atoms with Gasteiger partial charge in [0.1, 0.15) is 0 Å². The second kappa shape index (κ2) is 4.82. The monoisotopic (exact) mass is 179 g/mol. The van der Waals surface area contributed by atoms with Crippen LogP contribution < -0.4 is 11.1 Å². The van der Waals surface area contributed by atoms with E-state index < -0.39 is 0 Å². The molecule has 1 aromatic rings. The summed E-state index contributed by atoms with van der Waals surface area (Å²) in [6.07, 6.45) is 5.79. The Labute approximate surface area is 79.4 Å². The molecule has 3 heteroatoms. The van der Waals surface area contributed by atoms with E-state index in [-0.39, 0.29) is 0 Å². The van der Waals surface area contributed by atoms with Gasteiger partial charge in [-0.2, -0.15) is 0 Å². The van der Waals surface area contributed by atoms with Crippen molar-refractivity contribution in [1.29, 1.82) is 0 Å². The molecule has 1 heterocycles. The number of pyridine rings is 1. The van der Waals surface area contributed by atoms with E-state index in [1.807, 2.05) is 19.3 Å². The SMILES string of the molecule is CCCC(NC)c1cnccc1N. The number of rotatable bonds is 4. The van der Waals surface area contributed by atoms with Crippen LogP contribution in [0.3, 0.4) is 0 Å². The smallest absolute Gasteiger partial charge is 0.0393 e. The van der Waals surface area contributed by atoms with Crippen molar-refractivity contribution in [2.75, 3.05) is 12.8 Å². The highest BCUT2D eigenvalue weighted by atomic mass is 14.9. The average molecular weight is 179 g/mol. The topological polar surface area (TPSA) is 50.9 Å². The van der Waals surface area contributed by atoms with Crippen molar-refractivity contribution in [1.82, 2.24) is 10.3 Å². The zero-order valence-electron chi connectivity index (χ0n) is 8.25. The molecule has 0 aliphatic heterocycles. The van der Waals surface area contributed by atoms with Crippen LogP contribution in [-0.2, 0) is 0 Å². The van der Waals surface area contributed by atoms with Crippen LogP contribution in [0.5, 0.6) is 0 Å². The number of hydrogen-bond donors (Lipinski definition) is 2. The summed E-state index contributed by atoms with van der Waals surface area (Å²) in [5, 5.41) is 3.24. The fourth-order valence-electron chi connectivity index (χ4n) is 1.45. The third-order valence-electron chi connectivity index (χ3n) is 2.19. The summed E-state index contributed by atoms with van der Waals surface area (Å²) in [6.45, 7) is 2.16. The van der Waals surface area contributed by atoms with Crippen molar-refractivity contribution in [3.8, 4) is 0 Å². The Morgan fingerprint density at radius 1 is 1.62 bits per heavy atom. The molecular weight excluding hydrogens is 162 g/mol. The standard InChI is InChI=1S/C10H17N3/c1-3-4-10(12-2)8-7-13-6-5-9(8)11/h5-7,10,12H,3-4H2,1-2H3,(H2,11,13). The van der Waals surface area contributed by atoms with Gasteiger partial charge in [0.25, 0.3) is 0 Å². The second-order valence-electron chi connectivity index (χ2n) is 3.13. The largest absolute Gasteiger partial charge is 0.398 e. The Bertz CT molecular complexity index is 260. The third kappa shape index (κ3) is 2.42. The Kier molecular flexibility index (Phi) is 3.71. The highest BCUT2D eigenvalue weighted by Crippen LogP contribution is 2.22. The Morgan fingerprint density at radius 3 is 2.92 bits per heavy atom. The maximum absolute atomic E-state index is 5.85. The fourth-order valence-corrected chi connectivity index (χ4v) is 1.45. The van der Waals surface area contributed by atoms with Crippen LogP contribution in [0.4, 0.5) is 5.69 Å². The molecule has 0 spiro atoms. The molecule has 0 radical (unpaired) electrons. The van der Waals surface area contributed by atoms with Crippen LogP contribution in [0.2, 0.25) is 0 Å². The number of nitrogens with one attached hydrogen (secondary N) is 1. The van der Waals surface area contributed by atoms with Gasteiger partial charge < -0.3 is 11.1 Å². The van der Waals surface area contributed by atoms with E-state index >= 15 is 0 Å². The summed E-state index contributed by atoms with van der Waals surface area (Å²) >= 11 is 0. The van der Waals surface area contributed by atoms with Gasteiger partial charge >= 0.3 is 0 Å². The van der Waals surface area contributed by atoms with E-state index in [1.54, 1.807) is 6.20 Å². The van der Waals surface area contributed by atoms with Crippen LogP contribution >= 0.6 is 0 Å². The Hall–Kier alpha value is -1.09. The third-order valence-corrected chi connectivity index (χ3v) is 2.19. The quantitative estimate of drug-likeness (QED) is 0.740. The highest BCUT2D eigenvalue weighted by molar-refractivity contribution is 5.46. The lowest BCUT2D eigenvalue weighted by Gasteiger charge is -2.16. The first-order valence-electron chi connectivity index (χ1n) is 4.66. The molecule has 1 aromatic heterocycles. The molecule has 72 valence electrons. The Balaban J connectivity index is 2.84. The number of nitrogens with zero attached hydrogens (tertiary/aromatic N) is 1. The van der Waals surface area contributed by atoms with Gasteiger partial charge in [-0.05, 0) is 19.5 Å². The predicted molar refractivity (Wildman–Crippen MR) is 55.4 cm³/mol. The van der Waals surface area contributed by atoms with Crippen LogP contribution in [0.25, 0.3) is 0 Å². The van der Waals surface area contributed by atoms with Gasteiger partial charge in [0.15, 0.2) is 0 Å². The van der Waals surface area contributed by atoms with Gasteiger partial charge in [-0.25, -0.2) is 0 Å². The Morgan fingerprint density at radius 2 is 2.38 bits per heavy atom. The molecule has 1 atom stereocenters. The molecule has 0 aromatic carbocycles. The summed E-state index contributed by atoms with van der Waals surface area (Å²) in [6, 6.07) is 2.17. The number of anilines is 1. The fraction of sp³-hybridized carbons (Fsp3) is 0.500. The van der Waals surface area contributed by atoms with Gasteiger partial charge in [-0.3, -0.25) is 4.98 Å². The van der Waals surface area contributed by atoms with Crippen molar-refractivity contribution in [3.63, 3.8) is 0 Å². The minimum absolute atomic E-state index is 0.332. The number of hydrogen-bond acceptors (Lipinski definition) is 3. The lowest BCUT2D eigenvalue weighted by atomic mass is 10.0. The summed E-state index contributed by atoms with van der Waals surface area (Å²) in [5.74, 6) is 0. The second-order valence-corrected chi connectivity index (χ2v) is 3.13. The number of nitrogens with two attached hydrogens (primary N) is 1. The van der Waals surface area contributed by atoms with E-state index in [0.29, 0.717) is 6.04 Å². The summed E-state index contributed by atoms with van der Waals surface area (Å²) in [4.78, 5) is 4.08. The number of nitrogen functional groups attached to an aromatic ring is 1. The summed E-state index contributed by atoms with van der Waals surface area (Å²) in [5.41, 5.74) is 7.77. The minimum atomic E-state index is 0.332. The maximum atomic E-state index is 5.85. The molecule has 1 unspecified atom stereocenters. The molecule has 0 saturated carbocycles. The van der Waals surface area contributed by atoms with E-state index in [9.17, 15) is 0 Å². The zero-order chi connectivity index (χ0) is 9.68. The lowest BCUT2D eigenvalue weighted by Crippen LogP contribution is -2.17. The van der Waals surface area contributed by atoms with E-state index in [2.05, 4.69) is 17.2 Å². The van der Waals surface area contributed by atoms with Crippen molar-refractivity contribution < 1.29 is 0 Å². The van der Waals surface area contributed by atoms with Gasteiger partial charge in [0.2, 0.25) is 0 Å². The van der Waals surface area contributed by atoms with Gasteiger partial charge in [0.05, 0.1) is 0 Å². The average Bonchev–Trinajstić information content (AvgIpc) is 2.16. The molecule has 1 rings (SSSR count). The van der Waals surface area contributed by atoms with Crippen molar-refractivity contribution in [3.05, 3.63) is 24.0 Å². The molecule has 0 aliphatic rings. The van der Waals surface area contributed by atoms with Gasteiger partial charge in [-0.1, -0.05) is 13.3 Å². The molecule has 0 amide bonds. The van der Waals surface area contributed by atoms with Crippen LogP contribution in [0, 0.1) is 0 Å². The van der Waals surface area contributed by atoms with Gasteiger partial charge in [0, 0.05) is 29.7 Å². The maximum Gasteiger partial charge on any atom is 0.0393 e. The molecular formula is C10H17N3. The minimum Gasteiger partial charge on any atom is -0.398 e. The molecule has 0 saturated heterocycles. The van der Waals surface area contributed by atoms with E-state index in [0.717, 1.165) is 24.1 Å². The van der Waals surface area contributed by atoms with Crippen molar-refractivity contribution >= 4 is 5.69 Å². The summed E-state index contributed by atoms with van der Waals surface area (Å²) < 4.78 is 0. The molecule has 3 N–H and O–H groups in total. The normalized spacial score (nSPS) is 12.8. The highest BCUT2D eigenvalue weighted by Gasteiger charge is 2.10. The van der Waals surface area contributed by atoms with E-state index in [4.69, 9.17) is 5.73 Å². The molecule has 0 fully saturated rings. The first-order chi connectivity index (χ1) is 6.29. The first-order valence-corrected chi connectivity index (χ1v) is 4.66. The predicted octanol–water partition coefficient (Wildman–Crippen LogP) is 1.72. The van der Waals surface area contributed by atoms with Crippen molar-refractivity contribution in [2.24, 2.45) is 0 Å². The lowest BCUT2D eigenvalue weighted by molar-refractivity contribution is 0.541. The molecule has 0 bridgehead atoms. The van der Waals surface area contributed by atoms with E-state index in [1.165, 1.54) is 0 Å². The molecule has 0 aliphatic carbocycles. The zero-order valence-corrected chi connectivity index (χ0v) is 8.25. The molecule has 3 nitrogen and oxygen atoms in total. The molecule has 13 heavy (non-hydrogen) atoms. The first kappa shape index (κ1) is 9.99.